The van der Waals surface area contributed by atoms with Gasteiger partial charge in [-0.15, -0.1) is 0 Å². The van der Waals surface area contributed by atoms with Crippen molar-refractivity contribution < 1.29 is 30.3 Å². The highest BCUT2D eigenvalue weighted by Crippen LogP contribution is 2.23. The summed E-state index contributed by atoms with van der Waals surface area (Å²) in [6, 6.07) is 5.04. The van der Waals surface area contributed by atoms with E-state index < -0.39 is 31.0 Å². The van der Waals surface area contributed by atoms with Crippen molar-refractivity contribution in [2.75, 3.05) is 13.7 Å². The summed E-state index contributed by atoms with van der Waals surface area (Å²) >= 11 is 0. The fourth-order valence-corrected chi connectivity index (χ4v) is 1.96. The molecule has 0 unspecified atom stereocenters. The summed E-state index contributed by atoms with van der Waals surface area (Å²) in [7, 11) is 1.52. The van der Waals surface area contributed by atoms with Gasteiger partial charge < -0.3 is 35.3 Å². The van der Waals surface area contributed by atoms with Gasteiger partial charge in [0.15, 0.2) is 0 Å². The third kappa shape index (κ3) is 3.14. The van der Waals surface area contributed by atoms with Gasteiger partial charge in [0, 0.05) is 6.07 Å². The molecule has 0 aliphatic heterocycles. The predicted octanol–water partition coefficient (Wildman–Crippen LogP) is -1.32. The Kier molecular flexibility index (Phi) is 4.76. The number of rotatable bonds is 6. The number of nitrogens with zero attached hydrogens (tertiary/aromatic N) is 1. The molecule has 1 heterocycles. The second kappa shape index (κ2) is 6.37. The molecule has 0 saturated carbocycles. The van der Waals surface area contributed by atoms with E-state index in [0.717, 1.165) is 0 Å². The van der Waals surface area contributed by atoms with Crippen LogP contribution in [0.15, 0.2) is 18.2 Å². The van der Waals surface area contributed by atoms with Gasteiger partial charge in [-0.05, 0) is 12.1 Å². The smallest absolute Gasteiger partial charge is 0.140 e. The minimum absolute atomic E-state index is 0.0370. The molecule has 116 valence electrons. The molecule has 0 bridgehead atoms. The van der Waals surface area contributed by atoms with E-state index >= 15 is 0 Å². The molecule has 2 rings (SSSR count). The monoisotopic (exact) mass is 298 g/mol. The largest absolute Gasteiger partial charge is 0.497 e. The van der Waals surface area contributed by atoms with Crippen molar-refractivity contribution in [3.8, 4) is 5.75 Å². The summed E-state index contributed by atoms with van der Waals surface area (Å²) in [6.45, 7) is -0.734. The normalized spacial score (nSPS) is 17.4. The minimum Gasteiger partial charge on any atom is -0.497 e. The molecule has 0 fully saturated rings. The molecule has 1 aromatic heterocycles. The van der Waals surface area contributed by atoms with Crippen molar-refractivity contribution in [3.05, 3.63) is 24.0 Å². The van der Waals surface area contributed by atoms with E-state index in [1.165, 1.54) is 7.11 Å². The van der Waals surface area contributed by atoms with Crippen molar-refractivity contribution in [1.29, 1.82) is 0 Å². The highest BCUT2D eigenvalue weighted by molar-refractivity contribution is 5.76. The van der Waals surface area contributed by atoms with Gasteiger partial charge in [-0.3, -0.25) is 0 Å². The van der Waals surface area contributed by atoms with Gasteiger partial charge in [0.2, 0.25) is 0 Å². The number of aromatic nitrogens is 2. The van der Waals surface area contributed by atoms with Crippen molar-refractivity contribution in [2.45, 2.75) is 24.4 Å². The molecule has 0 amide bonds. The first-order valence-corrected chi connectivity index (χ1v) is 6.34. The Labute approximate surface area is 120 Å². The van der Waals surface area contributed by atoms with Crippen LogP contribution in [-0.4, -0.2) is 67.5 Å². The van der Waals surface area contributed by atoms with Gasteiger partial charge in [-0.25, -0.2) is 4.98 Å². The third-order valence-electron chi connectivity index (χ3n) is 3.24. The number of methoxy groups -OCH3 is 1. The maximum atomic E-state index is 10.0. The summed E-state index contributed by atoms with van der Waals surface area (Å²) in [6.07, 6.45) is -6.50. The van der Waals surface area contributed by atoms with Crippen LogP contribution in [-0.2, 0) is 0 Å². The lowest BCUT2D eigenvalue weighted by Crippen LogP contribution is -2.42. The lowest BCUT2D eigenvalue weighted by Gasteiger charge is -2.24. The number of aliphatic hydroxyl groups is 5. The fourth-order valence-electron chi connectivity index (χ4n) is 1.96. The molecule has 2 aromatic rings. The molecule has 0 spiro atoms. The van der Waals surface area contributed by atoms with E-state index in [2.05, 4.69) is 9.97 Å². The van der Waals surface area contributed by atoms with Crippen LogP contribution in [0.1, 0.15) is 11.9 Å². The van der Waals surface area contributed by atoms with Gasteiger partial charge in [-0.2, -0.15) is 0 Å². The Balaban J connectivity index is 2.24. The quantitative estimate of drug-likeness (QED) is 0.389. The van der Waals surface area contributed by atoms with Crippen LogP contribution in [0, 0.1) is 0 Å². The Morgan fingerprint density at radius 2 is 1.90 bits per heavy atom. The van der Waals surface area contributed by atoms with Crippen LogP contribution in [0.3, 0.4) is 0 Å². The highest BCUT2D eigenvalue weighted by atomic mass is 16.5. The fraction of sp³-hybridized carbons (Fsp3) is 0.462. The highest BCUT2D eigenvalue weighted by Gasteiger charge is 2.32. The summed E-state index contributed by atoms with van der Waals surface area (Å²) in [5, 5.41) is 47.4. The molecule has 6 N–H and O–H groups in total. The molecule has 0 aliphatic carbocycles. The van der Waals surface area contributed by atoms with Gasteiger partial charge in [0.25, 0.3) is 0 Å². The van der Waals surface area contributed by atoms with Crippen molar-refractivity contribution in [1.82, 2.24) is 9.97 Å². The van der Waals surface area contributed by atoms with Crippen LogP contribution >= 0.6 is 0 Å². The minimum atomic E-state index is -1.70. The van der Waals surface area contributed by atoms with E-state index in [-0.39, 0.29) is 5.82 Å². The molecule has 8 heteroatoms. The van der Waals surface area contributed by atoms with Gasteiger partial charge in [0.05, 0.1) is 24.8 Å². The molecule has 0 saturated heterocycles. The lowest BCUT2D eigenvalue weighted by molar-refractivity contribution is -0.117. The maximum Gasteiger partial charge on any atom is 0.140 e. The first kappa shape index (κ1) is 15.7. The standard InChI is InChI=1S/C13H18N2O6/c1-21-6-2-3-7-8(4-6)15-13(14-7)12(20)11(19)10(18)9(17)5-16/h2-4,9-12,16-20H,5H2,1H3,(H,14,15)/t9-,10-,11+,12-/m0/s1. The summed E-state index contributed by atoms with van der Waals surface area (Å²) in [5.74, 6) is 0.637. The maximum absolute atomic E-state index is 10.0. The van der Waals surface area contributed by atoms with E-state index in [0.29, 0.717) is 16.8 Å². The van der Waals surface area contributed by atoms with Crippen LogP contribution in [0.25, 0.3) is 11.0 Å². The second-order valence-electron chi connectivity index (χ2n) is 4.68. The lowest BCUT2D eigenvalue weighted by atomic mass is 10.0. The topological polar surface area (TPSA) is 139 Å². The molecular weight excluding hydrogens is 280 g/mol. The summed E-state index contributed by atoms with van der Waals surface area (Å²) in [4.78, 5) is 6.91. The number of benzene rings is 1. The first-order valence-electron chi connectivity index (χ1n) is 6.34. The third-order valence-corrected chi connectivity index (χ3v) is 3.24. The Morgan fingerprint density at radius 3 is 2.52 bits per heavy atom. The van der Waals surface area contributed by atoms with Gasteiger partial charge >= 0.3 is 0 Å². The number of nitrogens with one attached hydrogen (secondary N) is 1. The number of hydrogen-bond donors (Lipinski definition) is 6. The zero-order chi connectivity index (χ0) is 15.6. The van der Waals surface area contributed by atoms with Crippen LogP contribution in [0.4, 0.5) is 0 Å². The van der Waals surface area contributed by atoms with E-state index in [1.807, 2.05) is 0 Å². The van der Waals surface area contributed by atoms with E-state index in [4.69, 9.17) is 9.84 Å². The Hall–Kier alpha value is -1.71. The van der Waals surface area contributed by atoms with Crippen LogP contribution in [0.5, 0.6) is 5.75 Å². The molecular formula is C13H18N2O6. The number of ether oxygens (including phenoxy) is 1. The van der Waals surface area contributed by atoms with E-state index in [1.54, 1.807) is 18.2 Å². The molecule has 21 heavy (non-hydrogen) atoms. The Bertz CT molecular complexity index is 601. The van der Waals surface area contributed by atoms with Crippen LogP contribution < -0.4 is 4.74 Å². The van der Waals surface area contributed by atoms with Gasteiger partial charge in [0.1, 0.15) is 36.0 Å². The number of fused-ring (bicyclic) bond motifs is 1. The zero-order valence-corrected chi connectivity index (χ0v) is 11.3. The molecule has 0 aliphatic rings. The average Bonchev–Trinajstić information content (AvgIpc) is 2.94. The Morgan fingerprint density at radius 1 is 1.19 bits per heavy atom. The van der Waals surface area contributed by atoms with Gasteiger partial charge in [-0.1, -0.05) is 0 Å². The number of H-pyrrole nitrogens is 1. The zero-order valence-electron chi connectivity index (χ0n) is 11.3. The van der Waals surface area contributed by atoms with E-state index in [9.17, 15) is 20.4 Å². The SMILES string of the molecule is COc1ccc2nc([C@@H](O)[C@H](O)[C@@H](O)[C@@H](O)CO)[nH]c2c1. The predicted molar refractivity (Wildman–Crippen MR) is 72.7 cm³/mol. The molecule has 4 atom stereocenters. The van der Waals surface area contributed by atoms with Crippen molar-refractivity contribution in [2.24, 2.45) is 0 Å². The van der Waals surface area contributed by atoms with Crippen molar-refractivity contribution >= 4 is 11.0 Å². The molecule has 8 nitrogen and oxygen atoms in total. The molecule has 0 radical (unpaired) electrons. The molecule has 1 aromatic carbocycles. The number of hydrogen-bond acceptors (Lipinski definition) is 7. The number of aromatic amines is 1. The number of aliphatic hydroxyl groups excluding tert-OH is 5. The van der Waals surface area contributed by atoms with Crippen molar-refractivity contribution in [3.63, 3.8) is 0 Å². The average molecular weight is 298 g/mol. The van der Waals surface area contributed by atoms with Crippen LogP contribution in [0.2, 0.25) is 0 Å². The second-order valence-corrected chi connectivity index (χ2v) is 4.68. The summed E-state index contributed by atoms with van der Waals surface area (Å²) < 4.78 is 5.06. The summed E-state index contributed by atoms with van der Waals surface area (Å²) in [5.41, 5.74) is 1.14. The number of imidazole rings is 1. The first-order chi connectivity index (χ1) is 9.97.